The molecule has 1 aliphatic heterocycles. The molecule has 0 bridgehead atoms. The molecule has 1 aromatic heterocycles. The number of H-pyrrole nitrogens is 1. The van der Waals surface area contributed by atoms with Gasteiger partial charge in [0.2, 0.25) is 0 Å². The van der Waals surface area contributed by atoms with E-state index in [0.717, 1.165) is 6.20 Å². The Hall–Kier alpha value is -3.08. The molecule has 1 fully saturated rings. The summed E-state index contributed by atoms with van der Waals surface area (Å²) in [4.78, 5) is 24.1. The van der Waals surface area contributed by atoms with E-state index in [0.29, 0.717) is 0 Å². The number of morpholine rings is 1. The maximum atomic E-state index is 13.4. The van der Waals surface area contributed by atoms with Crippen molar-refractivity contribution in [3.8, 4) is 5.75 Å². The first-order valence-corrected chi connectivity index (χ1v) is 8.23. The summed E-state index contributed by atoms with van der Waals surface area (Å²) < 4.78 is 51.0. The number of aromatic nitrogens is 2. The number of carboxylic acids is 1. The highest BCUT2D eigenvalue weighted by molar-refractivity contribution is 5.88. The van der Waals surface area contributed by atoms with E-state index in [1.165, 1.54) is 29.2 Å². The predicted molar refractivity (Wildman–Crippen MR) is 90.7 cm³/mol. The third kappa shape index (κ3) is 4.25. The lowest BCUT2D eigenvalue weighted by atomic mass is 10.1. The number of carboxylic acid groups (broad SMARTS) is 1. The van der Waals surface area contributed by atoms with Gasteiger partial charge in [-0.1, -0.05) is 6.07 Å². The highest BCUT2D eigenvalue weighted by atomic mass is 19.4. The number of carbonyl (C=O) groups is 1. The Kier molecular flexibility index (Phi) is 5.54. The zero-order valence-corrected chi connectivity index (χ0v) is 14.4. The van der Waals surface area contributed by atoms with Gasteiger partial charge in [0.05, 0.1) is 36.7 Å². The summed E-state index contributed by atoms with van der Waals surface area (Å²) >= 11 is 0. The molecule has 3 rings (SSSR count). The van der Waals surface area contributed by atoms with Crippen LogP contribution in [0.25, 0.3) is 0 Å². The van der Waals surface area contributed by atoms with Crippen molar-refractivity contribution in [2.45, 2.75) is 12.2 Å². The van der Waals surface area contributed by atoms with Crippen LogP contribution >= 0.6 is 0 Å². The van der Waals surface area contributed by atoms with E-state index in [1.54, 1.807) is 5.10 Å². The average Bonchev–Trinajstić information content (AvgIpc) is 2.65. The third-order valence-corrected chi connectivity index (χ3v) is 4.18. The molecular weight excluding hydrogens is 383 g/mol. The standard InChI is InChI=1S/C17H16F3N3O5/c18-17(19,20)14-13(7-21-22-15(14)24)23-4-5-27-8-11(23)9-28-12-3-1-2-10(6-12)16(25)26/h1-3,6-7,11H,4-5,8-9H2,(H,22,24)(H,25,26). The number of hydrogen-bond acceptors (Lipinski definition) is 6. The Bertz CT molecular complexity index is 915. The van der Waals surface area contributed by atoms with Gasteiger partial charge in [-0.05, 0) is 18.2 Å². The minimum absolute atomic E-state index is 0.0207. The van der Waals surface area contributed by atoms with Gasteiger partial charge in [-0.3, -0.25) is 4.79 Å². The number of benzene rings is 1. The van der Waals surface area contributed by atoms with Crippen LogP contribution in [0.15, 0.2) is 35.3 Å². The summed E-state index contributed by atoms with van der Waals surface area (Å²) in [5.41, 5.74) is -2.99. The van der Waals surface area contributed by atoms with E-state index < -0.39 is 29.3 Å². The van der Waals surface area contributed by atoms with Crippen LogP contribution < -0.4 is 15.2 Å². The summed E-state index contributed by atoms with van der Waals surface area (Å²) in [6.07, 6.45) is -3.90. The number of hydrogen-bond donors (Lipinski definition) is 2. The van der Waals surface area contributed by atoms with Crippen molar-refractivity contribution in [3.05, 3.63) is 51.9 Å². The first kappa shape index (κ1) is 19.7. The molecule has 1 saturated heterocycles. The SMILES string of the molecule is O=C(O)c1cccc(OCC2COCCN2c2cn[nH]c(=O)c2C(F)(F)F)c1. The van der Waals surface area contributed by atoms with E-state index in [-0.39, 0.29) is 43.4 Å². The zero-order valence-electron chi connectivity index (χ0n) is 14.4. The monoisotopic (exact) mass is 399 g/mol. The summed E-state index contributed by atoms with van der Waals surface area (Å²) in [7, 11) is 0. The molecule has 1 atom stereocenters. The molecular formula is C17H16F3N3O5. The first-order chi connectivity index (χ1) is 13.3. The van der Waals surface area contributed by atoms with E-state index in [9.17, 15) is 22.8 Å². The van der Waals surface area contributed by atoms with E-state index in [2.05, 4.69) is 5.10 Å². The fourth-order valence-electron chi connectivity index (χ4n) is 2.90. The molecule has 11 heteroatoms. The number of aromatic carboxylic acids is 1. The van der Waals surface area contributed by atoms with Crippen LogP contribution in [0.5, 0.6) is 5.75 Å². The van der Waals surface area contributed by atoms with Gasteiger partial charge in [-0.15, -0.1) is 0 Å². The highest BCUT2D eigenvalue weighted by Gasteiger charge is 2.40. The fraction of sp³-hybridized carbons (Fsp3) is 0.353. The highest BCUT2D eigenvalue weighted by Crippen LogP contribution is 2.34. The Labute approximate surface area is 156 Å². The van der Waals surface area contributed by atoms with Crippen molar-refractivity contribution in [1.29, 1.82) is 0 Å². The summed E-state index contributed by atoms with van der Waals surface area (Å²) in [5.74, 6) is -0.872. The molecule has 2 heterocycles. The number of aromatic amines is 1. The van der Waals surface area contributed by atoms with Gasteiger partial charge in [0.15, 0.2) is 0 Å². The lowest BCUT2D eigenvalue weighted by Crippen LogP contribution is -2.50. The number of nitrogens with one attached hydrogen (secondary N) is 1. The van der Waals surface area contributed by atoms with Gasteiger partial charge in [-0.25, -0.2) is 9.89 Å². The number of rotatable bonds is 5. The Morgan fingerprint density at radius 2 is 2.21 bits per heavy atom. The maximum absolute atomic E-state index is 13.4. The van der Waals surface area contributed by atoms with Crippen LogP contribution in [0.2, 0.25) is 0 Å². The minimum Gasteiger partial charge on any atom is -0.491 e. The van der Waals surface area contributed by atoms with Gasteiger partial charge in [0, 0.05) is 6.54 Å². The Morgan fingerprint density at radius 3 is 2.93 bits per heavy atom. The number of nitrogens with zero attached hydrogens (tertiary/aromatic N) is 2. The molecule has 0 amide bonds. The minimum atomic E-state index is -4.86. The molecule has 1 aromatic carbocycles. The van der Waals surface area contributed by atoms with E-state index >= 15 is 0 Å². The van der Waals surface area contributed by atoms with Gasteiger partial charge in [-0.2, -0.15) is 18.3 Å². The average molecular weight is 399 g/mol. The maximum Gasteiger partial charge on any atom is 0.423 e. The van der Waals surface area contributed by atoms with Crippen LogP contribution in [-0.2, 0) is 10.9 Å². The van der Waals surface area contributed by atoms with Crippen LogP contribution in [0, 0.1) is 0 Å². The topological polar surface area (TPSA) is 105 Å². The number of anilines is 1. The zero-order chi connectivity index (χ0) is 20.3. The number of ether oxygens (including phenoxy) is 2. The first-order valence-electron chi connectivity index (χ1n) is 8.23. The fourth-order valence-corrected chi connectivity index (χ4v) is 2.90. The second-order valence-corrected chi connectivity index (χ2v) is 6.02. The third-order valence-electron chi connectivity index (χ3n) is 4.18. The second kappa shape index (κ2) is 7.89. The molecule has 1 unspecified atom stereocenters. The van der Waals surface area contributed by atoms with Crippen LogP contribution in [0.1, 0.15) is 15.9 Å². The smallest absolute Gasteiger partial charge is 0.423 e. The molecule has 8 nitrogen and oxygen atoms in total. The van der Waals surface area contributed by atoms with Crippen LogP contribution in [0.3, 0.4) is 0 Å². The molecule has 2 N–H and O–H groups in total. The van der Waals surface area contributed by atoms with E-state index in [4.69, 9.17) is 14.6 Å². The molecule has 150 valence electrons. The molecule has 0 saturated carbocycles. The second-order valence-electron chi connectivity index (χ2n) is 6.02. The van der Waals surface area contributed by atoms with Gasteiger partial charge in [0.25, 0.3) is 5.56 Å². The van der Waals surface area contributed by atoms with Crippen LogP contribution in [0.4, 0.5) is 18.9 Å². The molecule has 1 aliphatic rings. The van der Waals surface area contributed by atoms with Crippen molar-refractivity contribution in [2.24, 2.45) is 0 Å². The largest absolute Gasteiger partial charge is 0.491 e. The molecule has 0 aliphatic carbocycles. The van der Waals surface area contributed by atoms with E-state index in [1.807, 2.05) is 0 Å². The predicted octanol–water partition coefficient (Wildman–Crippen LogP) is 1.77. The number of halogens is 3. The van der Waals surface area contributed by atoms with Gasteiger partial charge in [0.1, 0.15) is 17.9 Å². The quantitative estimate of drug-likeness (QED) is 0.790. The molecule has 0 radical (unpaired) electrons. The lowest BCUT2D eigenvalue weighted by molar-refractivity contribution is -0.138. The summed E-state index contributed by atoms with van der Waals surface area (Å²) in [5, 5.41) is 14.3. The lowest BCUT2D eigenvalue weighted by Gasteiger charge is -2.37. The normalized spacial score (nSPS) is 17.4. The van der Waals surface area contributed by atoms with Crippen molar-refractivity contribution >= 4 is 11.7 Å². The van der Waals surface area contributed by atoms with Crippen molar-refractivity contribution in [1.82, 2.24) is 10.2 Å². The molecule has 2 aromatic rings. The van der Waals surface area contributed by atoms with Gasteiger partial charge >= 0.3 is 12.1 Å². The summed E-state index contributed by atoms with van der Waals surface area (Å²) in [6, 6.07) is 5.11. The van der Waals surface area contributed by atoms with Crippen LogP contribution in [-0.4, -0.2) is 53.7 Å². The van der Waals surface area contributed by atoms with Crippen molar-refractivity contribution in [3.63, 3.8) is 0 Å². The number of alkyl halides is 3. The van der Waals surface area contributed by atoms with Crippen molar-refractivity contribution in [2.75, 3.05) is 31.3 Å². The van der Waals surface area contributed by atoms with Crippen molar-refractivity contribution < 1.29 is 32.5 Å². The molecule has 0 spiro atoms. The molecule has 28 heavy (non-hydrogen) atoms. The Balaban J connectivity index is 1.84. The Morgan fingerprint density at radius 1 is 1.43 bits per heavy atom. The summed E-state index contributed by atoms with van der Waals surface area (Å²) in [6.45, 7) is 0.280. The van der Waals surface area contributed by atoms with Gasteiger partial charge < -0.3 is 19.5 Å².